The molecule has 0 heterocycles. The SMILES string of the molecule is CC1CCCC(OCc2cccc(NC(=O)Cc3ccc(N)cc3)c2)C1.Cl. The van der Waals surface area contributed by atoms with Gasteiger partial charge in [-0.1, -0.05) is 44.0 Å². The quantitative estimate of drug-likeness (QED) is 0.687. The predicted octanol–water partition coefficient (Wildman–Crippen LogP) is 4.97. The molecule has 2 atom stereocenters. The summed E-state index contributed by atoms with van der Waals surface area (Å²) in [6, 6.07) is 15.3. The third-order valence-corrected chi connectivity index (χ3v) is 4.93. The normalized spacial score (nSPS) is 19.1. The predicted molar refractivity (Wildman–Crippen MR) is 113 cm³/mol. The molecule has 0 radical (unpaired) electrons. The molecule has 146 valence electrons. The highest BCUT2D eigenvalue weighted by molar-refractivity contribution is 5.92. The highest BCUT2D eigenvalue weighted by Gasteiger charge is 2.19. The first kappa shape index (κ1) is 21.3. The highest BCUT2D eigenvalue weighted by Crippen LogP contribution is 2.26. The smallest absolute Gasteiger partial charge is 0.228 e. The lowest BCUT2D eigenvalue weighted by molar-refractivity contribution is -0.115. The number of carbonyl (C=O) groups is 1. The van der Waals surface area contributed by atoms with Crippen LogP contribution >= 0.6 is 12.4 Å². The summed E-state index contributed by atoms with van der Waals surface area (Å²) in [7, 11) is 0. The molecule has 4 nitrogen and oxygen atoms in total. The molecule has 2 unspecified atom stereocenters. The average Bonchev–Trinajstić information content (AvgIpc) is 2.62. The first-order valence-corrected chi connectivity index (χ1v) is 9.43. The largest absolute Gasteiger partial charge is 0.399 e. The van der Waals surface area contributed by atoms with Gasteiger partial charge in [0.1, 0.15) is 0 Å². The minimum absolute atomic E-state index is 0. The first-order valence-electron chi connectivity index (χ1n) is 9.43. The van der Waals surface area contributed by atoms with Gasteiger partial charge in [0, 0.05) is 11.4 Å². The van der Waals surface area contributed by atoms with E-state index in [2.05, 4.69) is 12.2 Å². The van der Waals surface area contributed by atoms with Crippen molar-refractivity contribution in [1.29, 1.82) is 0 Å². The Hall–Kier alpha value is -2.04. The van der Waals surface area contributed by atoms with Crippen molar-refractivity contribution in [2.24, 2.45) is 5.92 Å². The maximum Gasteiger partial charge on any atom is 0.228 e. The molecule has 1 amide bonds. The van der Waals surface area contributed by atoms with Gasteiger partial charge >= 0.3 is 0 Å². The first-order chi connectivity index (χ1) is 12.6. The molecule has 3 rings (SSSR count). The Kier molecular flexibility index (Phi) is 8.14. The van der Waals surface area contributed by atoms with Gasteiger partial charge in [-0.3, -0.25) is 4.79 Å². The minimum atomic E-state index is -0.0334. The van der Waals surface area contributed by atoms with Crippen LogP contribution in [0.25, 0.3) is 0 Å². The summed E-state index contributed by atoms with van der Waals surface area (Å²) in [4.78, 5) is 12.2. The number of benzene rings is 2. The van der Waals surface area contributed by atoms with Crippen LogP contribution in [0.1, 0.15) is 43.7 Å². The highest BCUT2D eigenvalue weighted by atomic mass is 35.5. The molecular weight excluding hydrogens is 360 g/mol. The Bertz CT molecular complexity index is 733. The molecule has 3 N–H and O–H groups in total. The van der Waals surface area contributed by atoms with E-state index in [1.54, 1.807) is 0 Å². The van der Waals surface area contributed by atoms with Gasteiger partial charge < -0.3 is 15.8 Å². The second-order valence-corrected chi connectivity index (χ2v) is 7.37. The number of rotatable bonds is 6. The Balaban J connectivity index is 0.00000261. The summed E-state index contributed by atoms with van der Waals surface area (Å²) in [6.07, 6.45) is 5.58. The number of ether oxygens (including phenoxy) is 1. The fourth-order valence-electron chi connectivity index (χ4n) is 3.51. The molecule has 0 aromatic heterocycles. The molecule has 2 aromatic rings. The van der Waals surface area contributed by atoms with E-state index in [4.69, 9.17) is 10.5 Å². The number of amides is 1. The standard InChI is InChI=1S/C22H28N2O2.ClH/c1-16-4-2-7-21(12-16)26-15-18-5-3-6-20(13-18)24-22(25)14-17-8-10-19(23)11-9-17;/h3,5-6,8-11,13,16,21H,2,4,7,12,14-15,23H2,1H3,(H,24,25);1H. The van der Waals surface area contributed by atoms with Crippen molar-refractivity contribution in [2.75, 3.05) is 11.1 Å². The molecule has 0 spiro atoms. The number of anilines is 2. The topological polar surface area (TPSA) is 64.3 Å². The maximum absolute atomic E-state index is 12.2. The monoisotopic (exact) mass is 388 g/mol. The zero-order valence-electron chi connectivity index (χ0n) is 15.8. The molecule has 1 fully saturated rings. The number of hydrogen-bond acceptors (Lipinski definition) is 3. The summed E-state index contributed by atoms with van der Waals surface area (Å²) in [6.45, 7) is 2.89. The lowest BCUT2D eigenvalue weighted by atomic mass is 9.89. The van der Waals surface area contributed by atoms with Gasteiger partial charge in [0.15, 0.2) is 0 Å². The van der Waals surface area contributed by atoms with Gasteiger partial charge in [-0.05, 0) is 54.2 Å². The van der Waals surface area contributed by atoms with Crippen LogP contribution in [0.5, 0.6) is 0 Å². The molecule has 2 aromatic carbocycles. The molecular formula is C22H29ClN2O2. The van der Waals surface area contributed by atoms with E-state index in [1.807, 2.05) is 48.5 Å². The Morgan fingerprint density at radius 1 is 1.15 bits per heavy atom. The Morgan fingerprint density at radius 3 is 2.67 bits per heavy atom. The van der Waals surface area contributed by atoms with Crippen molar-refractivity contribution in [1.82, 2.24) is 0 Å². The van der Waals surface area contributed by atoms with Crippen LogP contribution in [0.15, 0.2) is 48.5 Å². The third kappa shape index (κ3) is 6.89. The molecule has 1 aliphatic carbocycles. The van der Waals surface area contributed by atoms with Crippen LogP contribution in [0, 0.1) is 5.92 Å². The zero-order chi connectivity index (χ0) is 18.4. The van der Waals surface area contributed by atoms with Crippen molar-refractivity contribution in [2.45, 2.75) is 51.7 Å². The Labute approximate surface area is 167 Å². The lowest BCUT2D eigenvalue weighted by Crippen LogP contribution is -2.21. The summed E-state index contributed by atoms with van der Waals surface area (Å²) >= 11 is 0. The molecule has 0 aliphatic heterocycles. The number of halogens is 1. The van der Waals surface area contributed by atoms with Crippen LogP contribution in [0.3, 0.4) is 0 Å². The fraction of sp³-hybridized carbons (Fsp3) is 0.409. The minimum Gasteiger partial charge on any atom is -0.399 e. The number of hydrogen-bond donors (Lipinski definition) is 2. The van der Waals surface area contributed by atoms with Crippen molar-refractivity contribution in [3.05, 3.63) is 59.7 Å². The van der Waals surface area contributed by atoms with Crippen LogP contribution in [-0.2, 0) is 22.6 Å². The summed E-state index contributed by atoms with van der Waals surface area (Å²) in [5.41, 5.74) is 9.23. The number of nitrogen functional groups attached to an aromatic ring is 1. The van der Waals surface area contributed by atoms with E-state index in [1.165, 1.54) is 12.8 Å². The molecule has 0 bridgehead atoms. The van der Waals surface area contributed by atoms with Crippen molar-refractivity contribution >= 4 is 29.7 Å². The molecule has 1 saturated carbocycles. The second kappa shape index (κ2) is 10.3. The van der Waals surface area contributed by atoms with E-state index < -0.39 is 0 Å². The van der Waals surface area contributed by atoms with Gasteiger partial charge in [-0.2, -0.15) is 0 Å². The maximum atomic E-state index is 12.2. The van der Waals surface area contributed by atoms with Gasteiger partial charge in [-0.15, -0.1) is 12.4 Å². The van der Waals surface area contributed by atoms with Crippen LogP contribution in [0.2, 0.25) is 0 Å². The second-order valence-electron chi connectivity index (χ2n) is 7.37. The average molecular weight is 389 g/mol. The van der Waals surface area contributed by atoms with E-state index in [0.717, 1.165) is 35.6 Å². The summed E-state index contributed by atoms with van der Waals surface area (Å²) in [5.74, 6) is 0.724. The number of nitrogens with one attached hydrogen (secondary N) is 1. The molecule has 27 heavy (non-hydrogen) atoms. The van der Waals surface area contributed by atoms with Gasteiger partial charge in [-0.25, -0.2) is 0 Å². The molecule has 1 aliphatic rings. The number of nitrogens with two attached hydrogens (primary N) is 1. The molecule has 0 saturated heterocycles. The van der Waals surface area contributed by atoms with E-state index in [-0.39, 0.29) is 18.3 Å². The van der Waals surface area contributed by atoms with E-state index in [9.17, 15) is 4.79 Å². The summed E-state index contributed by atoms with van der Waals surface area (Å²) < 4.78 is 6.08. The van der Waals surface area contributed by atoms with Crippen molar-refractivity contribution in [3.8, 4) is 0 Å². The zero-order valence-corrected chi connectivity index (χ0v) is 16.6. The van der Waals surface area contributed by atoms with Crippen LogP contribution < -0.4 is 11.1 Å². The molecule has 5 heteroatoms. The van der Waals surface area contributed by atoms with Gasteiger partial charge in [0.05, 0.1) is 19.1 Å². The summed E-state index contributed by atoms with van der Waals surface area (Å²) in [5, 5.41) is 2.96. The van der Waals surface area contributed by atoms with E-state index in [0.29, 0.717) is 24.8 Å². The van der Waals surface area contributed by atoms with Gasteiger partial charge in [0.25, 0.3) is 0 Å². The number of carbonyl (C=O) groups excluding carboxylic acids is 1. The van der Waals surface area contributed by atoms with E-state index >= 15 is 0 Å². The third-order valence-electron chi connectivity index (χ3n) is 4.93. The van der Waals surface area contributed by atoms with Crippen LogP contribution in [-0.4, -0.2) is 12.0 Å². The van der Waals surface area contributed by atoms with Crippen molar-refractivity contribution < 1.29 is 9.53 Å². The lowest BCUT2D eigenvalue weighted by Gasteiger charge is -2.26. The van der Waals surface area contributed by atoms with Crippen molar-refractivity contribution in [3.63, 3.8) is 0 Å². The fourth-order valence-corrected chi connectivity index (χ4v) is 3.51. The van der Waals surface area contributed by atoms with Gasteiger partial charge in [0.2, 0.25) is 5.91 Å². The van der Waals surface area contributed by atoms with Crippen LogP contribution in [0.4, 0.5) is 11.4 Å². The Morgan fingerprint density at radius 2 is 1.93 bits per heavy atom.